The first-order valence-electron chi connectivity index (χ1n) is 10.7. The molecule has 2 aromatic rings. The van der Waals surface area contributed by atoms with Crippen molar-refractivity contribution in [3.05, 3.63) is 59.8 Å². The predicted octanol–water partition coefficient (Wildman–Crippen LogP) is 4.36. The minimum Gasteiger partial charge on any atom is -0.491 e. The van der Waals surface area contributed by atoms with Gasteiger partial charge in [-0.15, -0.1) is 0 Å². The molecule has 1 fully saturated rings. The summed E-state index contributed by atoms with van der Waals surface area (Å²) in [4.78, 5) is 9.40. The number of fused-ring (bicyclic) bond motifs is 1. The first-order chi connectivity index (χ1) is 14.3. The normalized spacial score (nSPS) is 17.0. The quantitative estimate of drug-likeness (QED) is 0.664. The summed E-state index contributed by atoms with van der Waals surface area (Å²) in [5.74, 6) is 1.94. The fourth-order valence-electron chi connectivity index (χ4n) is 4.38. The van der Waals surface area contributed by atoms with E-state index in [1.54, 1.807) is 0 Å². The highest BCUT2D eigenvalue weighted by atomic mass is 19.1. The van der Waals surface area contributed by atoms with Crippen molar-refractivity contribution < 1.29 is 9.13 Å². The van der Waals surface area contributed by atoms with E-state index < -0.39 is 6.67 Å². The average molecular weight is 396 g/mol. The summed E-state index contributed by atoms with van der Waals surface area (Å²) < 4.78 is 18.1. The van der Waals surface area contributed by atoms with Crippen LogP contribution in [-0.4, -0.2) is 55.9 Å². The Morgan fingerprint density at radius 2 is 1.93 bits per heavy atom. The topological polar surface area (TPSA) is 28.6 Å². The van der Waals surface area contributed by atoms with Crippen molar-refractivity contribution in [2.75, 3.05) is 50.9 Å². The van der Waals surface area contributed by atoms with Gasteiger partial charge in [-0.25, -0.2) is 9.37 Å². The average Bonchev–Trinajstić information content (AvgIpc) is 2.79. The lowest BCUT2D eigenvalue weighted by Crippen LogP contribution is -2.46. The molecular formula is C24H30FN3O. The summed E-state index contributed by atoms with van der Waals surface area (Å²) in [6.07, 6.45) is 8.51. The molecule has 1 saturated heterocycles. The molecule has 1 aliphatic carbocycles. The van der Waals surface area contributed by atoms with Crippen LogP contribution in [0.5, 0.6) is 5.75 Å². The van der Waals surface area contributed by atoms with Gasteiger partial charge in [-0.1, -0.05) is 24.3 Å². The van der Waals surface area contributed by atoms with Crippen LogP contribution in [0, 0.1) is 0 Å². The third-order valence-corrected chi connectivity index (χ3v) is 5.86. The van der Waals surface area contributed by atoms with Crippen LogP contribution >= 0.6 is 0 Å². The predicted molar refractivity (Wildman–Crippen MR) is 116 cm³/mol. The number of hydrogen-bond donors (Lipinski definition) is 0. The fourth-order valence-corrected chi connectivity index (χ4v) is 4.38. The van der Waals surface area contributed by atoms with Crippen molar-refractivity contribution in [1.29, 1.82) is 0 Å². The van der Waals surface area contributed by atoms with E-state index in [9.17, 15) is 4.39 Å². The molecular weight excluding hydrogens is 365 g/mol. The summed E-state index contributed by atoms with van der Waals surface area (Å²) in [6.45, 7) is 5.08. The van der Waals surface area contributed by atoms with Crippen molar-refractivity contribution in [3.63, 3.8) is 0 Å². The fraction of sp³-hybridized carbons (Fsp3) is 0.458. The molecule has 1 aromatic carbocycles. The van der Waals surface area contributed by atoms with Crippen LogP contribution < -0.4 is 9.64 Å². The summed E-state index contributed by atoms with van der Waals surface area (Å²) in [5, 5.41) is 0. The molecule has 1 aliphatic heterocycles. The van der Waals surface area contributed by atoms with E-state index in [2.05, 4.69) is 39.1 Å². The number of ether oxygens (including phenoxy) is 1. The van der Waals surface area contributed by atoms with E-state index in [0.717, 1.165) is 70.0 Å². The molecule has 1 aromatic heterocycles. The molecule has 0 amide bonds. The molecule has 0 N–H and O–H groups in total. The maximum absolute atomic E-state index is 12.5. The van der Waals surface area contributed by atoms with E-state index in [1.807, 2.05) is 24.4 Å². The minimum absolute atomic E-state index is 0.139. The van der Waals surface area contributed by atoms with Crippen LogP contribution in [0.1, 0.15) is 30.4 Å². The Morgan fingerprint density at radius 3 is 2.72 bits per heavy atom. The lowest BCUT2D eigenvalue weighted by molar-refractivity contribution is 0.255. The zero-order chi connectivity index (χ0) is 19.9. The molecule has 0 saturated carbocycles. The number of halogens is 1. The number of piperazine rings is 1. The van der Waals surface area contributed by atoms with Crippen molar-refractivity contribution >= 4 is 11.4 Å². The number of rotatable bonds is 8. The second-order valence-electron chi connectivity index (χ2n) is 7.71. The molecule has 2 aliphatic rings. The third kappa shape index (κ3) is 4.96. The van der Waals surface area contributed by atoms with Crippen LogP contribution in [0.15, 0.2) is 48.7 Å². The molecule has 2 heterocycles. The van der Waals surface area contributed by atoms with Gasteiger partial charge in [0.05, 0.1) is 0 Å². The van der Waals surface area contributed by atoms with Crippen molar-refractivity contribution in [2.24, 2.45) is 0 Å². The van der Waals surface area contributed by atoms with E-state index in [0.29, 0.717) is 0 Å². The number of nitrogens with zero attached hydrogens (tertiary/aromatic N) is 3. The van der Waals surface area contributed by atoms with Gasteiger partial charge in [0.1, 0.15) is 24.8 Å². The standard InChI is InChI=1S/C24H30FN3O/c25-12-19-29-23-10-4-8-21-20(6-3-9-22(21)23)7-5-14-27-15-17-28(18-16-27)24-11-1-2-13-26-24/h1-2,4,6,8,10-11,13H,3,5,7,9,12,14-19H2. The molecule has 5 heteroatoms. The second kappa shape index (κ2) is 9.88. The maximum atomic E-state index is 12.5. The molecule has 0 atom stereocenters. The largest absolute Gasteiger partial charge is 0.491 e. The number of alkyl halides is 1. The Bertz CT molecular complexity index is 816. The first kappa shape index (κ1) is 19.9. The highest BCUT2D eigenvalue weighted by molar-refractivity contribution is 5.72. The summed E-state index contributed by atoms with van der Waals surface area (Å²) in [6, 6.07) is 12.3. The monoisotopic (exact) mass is 395 g/mol. The van der Waals surface area contributed by atoms with Crippen molar-refractivity contribution in [3.8, 4) is 5.75 Å². The van der Waals surface area contributed by atoms with E-state index in [1.165, 1.54) is 16.7 Å². The Kier molecular flexibility index (Phi) is 6.78. The van der Waals surface area contributed by atoms with Gasteiger partial charge in [-0.2, -0.15) is 0 Å². The molecule has 4 nitrogen and oxygen atoms in total. The van der Waals surface area contributed by atoms with Crippen LogP contribution in [0.2, 0.25) is 0 Å². The molecule has 0 spiro atoms. The Labute approximate surface area is 173 Å². The Morgan fingerprint density at radius 1 is 1.03 bits per heavy atom. The smallest absolute Gasteiger partial charge is 0.128 e. The highest BCUT2D eigenvalue weighted by Gasteiger charge is 2.19. The van der Waals surface area contributed by atoms with Gasteiger partial charge in [0.2, 0.25) is 0 Å². The molecule has 0 unspecified atom stereocenters. The van der Waals surface area contributed by atoms with Crippen LogP contribution in [-0.2, 0) is 6.42 Å². The maximum Gasteiger partial charge on any atom is 0.128 e. The molecule has 29 heavy (non-hydrogen) atoms. The van der Waals surface area contributed by atoms with Gasteiger partial charge >= 0.3 is 0 Å². The van der Waals surface area contributed by atoms with Gasteiger partial charge in [0.15, 0.2) is 0 Å². The van der Waals surface area contributed by atoms with Gasteiger partial charge in [0, 0.05) is 37.9 Å². The SMILES string of the molecule is FCCOc1cccc2c1CCC=C2CCCN1CCN(c2ccccn2)CC1. The number of pyridine rings is 1. The minimum atomic E-state index is -0.444. The molecule has 154 valence electrons. The van der Waals surface area contributed by atoms with Crippen LogP contribution in [0.3, 0.4) is 0 Å². The van der Waals surface area contributed by atoms with E-state index in [4.69, 9.17) is 4.74 Å². The third-order valence-electron chi connectivity index (χ3n) is 5.86. The summed E-state index contributed by atoms with van der Waals surface area (Å²) >= 11 is 0. The van der Waals surface area contributed by atoms with Crippen LogP contribution in [0.25, 0.3) is 5.57 Å². The number of hydrogen-bond acceptors (Lipinski definition) is 4. The zero-order valence-electron chi connectivity index (χ0n) is 17.0. The number of allylic oxidation sites excluding steroid dienone is 2. The lowest BCUT2D eigenvalue weighted by Gasteiger charge is -2.35. The number of aromatic nitrogens is 1. The second-order valence-corrected chi connectivity index (χ2v) is 7.71. The number of benzene rings is 1. The van der Waals surface area contributed by atoms with E-state index in [-0.39, 0.29) is 6.61 Å². The van der Waals surface area contributed by atoms with Gasteiger partial charge < -0.3 is 9.64 Å². The van der Waals surface area contributed by atoms with Crippen molar-refractivity contribution in [2.45, 2.75) is 25.7 Å². The van der Waals surface area contributed by atoms with E-state index >= 15 is 0 Å². The highest BCUT2D eigenvalue weighted by Crippen LogP contribution is 2.35. The van der Waals surface area contributed by atoms with Gasteiger partial charge in [-0.05, 0) is 61.6 Å². The molecule has 0 bridgehead atoms. The summed E-state index contributed by atoms with van der Waals surface area (Å²) in [7, 11) is 0. The molecule has 4 rings (SSSR count). The molecule has 0 radical (unpaired) electrons. The Balaban J connectivity index is 1.27. The van der Waals surface area contributed by atoms with Crippen molar-refractivity contribution in [1.82, 2.24) is 9.88 Å². The first-order valence-corrected chi connectivity index (χ1v) is 10.7. The van der Waals surface area contributed by atoms with Gasteiger partial charge in [-0.3, -0.25) is 4.90 Å². The zero-order valence-corrected chi connectivity index (χ0v) is 17.0. The lowest BCUT2D eigenvalue weighted by atomic mass is 9.88. The summed E-state index contributed by atoms with van der Waals surface area (Å²) in [5.41, 5.74) is 3.97. The van der Waals surface area contributed by atoms with Crippen LogP contribution in [0.4, 0.5) is 10.2 Å². The number of anilines is 1. The van der Waals surface area contributed by atoms with Gasteiger partial charge in [0.25, 0.3) is 0 Å². The Hall–Kier alpha value is -2.40.